The Morgan fingerprint density at radius 1 is 1.10 bits per heavy atom. The van der Waals surface area contributed by atoms with Crippen molar-refractivity contribution in [1.82, 2.24) is 4.98 Å². The summed E-state index contributed by atoms with van der Waals surface area (Å²) >= 11 is 0. The van der Waals surface area contributed by atoms with E-state index >= 15 is 0 Å². The molecule has 1 heterocycles. The summed E-state index contributed by atoms with van der Waals surface area (Å²) < 4.78 is 10.2. The molecule has 5 heteroatoms. The van der Waals surface area contributed by atoms with Gasteiger partial charge in [0, 0.05) is 0 Å². The Morgan fingerprint density at radius 3 is 2.62 bits per heavy atom. The highest BCUT2D eigenvalue weighted by molar-refractivity contribution is 5.78. The lowest BCUT2D eigenvalue weighted by Crippen LogP contribution is -2.14. The lowest BCUT2D eigenvalue weighted by atomic mass is 10.2. The van der Waals surface area contributed by atoms with Crippen molar-refractivity contribution in [2.24, 2.45) is 0 Å². The van der Waals surface area contributed by atoms with Gasteiger partial charge in [0.1, 0.15) is 12.4 Å². The molecule has 0 aliphatic rings. The van der Waals surface area contributed by atoms with Gasteiger partial charge in [-0.2, -0.15) is 0 Å². The average molecular weight is 283 g/mol. The van der Waals surface area contributed by atoms with E-state index in [0.717, 1.165) is 5.56 Å². The Hall–Kier alpha value is -2.82. The summed E-state index contributed by atoms with van der Waals surface area (Å²) in [5.41, 5.74) is 1.98. The number of hydrogen-bond acceptors (Lipinski definition) is 4. The van der Waals surface area contributed by atoms with Crippen LogP contribution in [0.15, 0.2) is 56.5 Å². The predicted molar refractivity (Wildman–Crippen MR) is 78.6 cm³/mol. The maximum absolute atomic E-state index is 11.6. The van der Waals surface area contributed by atoms with Crippen LogP contribution in [0.2, 0.25) is 0 Å². The quantitative estimate of drug-likeness (QED) is 0.801. The molecular formula is C16H13NO4. The number of hydrogen-bond donors (Lipinski definition) is 1. The van der Waals surface area contributed by atoms with Crippen LogP contribution in [-0.4, -0.2) is 4.98 Å². The molecule has 3 rings (SSSR count). The molecule has 0 unspecified atom stereocenters. The second kappa shape index (κ2) is 5.28. The van der Waals surface area contributed by atoms with Gasteiger partial charge in [-0.15, -0.1) is 0 Å². The lowest BCUT2D eigenvalue weighted by molar-refractivity contribution is 0.306. The van der Waals surface area contributed by atoms with Gasteiger partial charge in [0.2, 0.25) is 0 Å². The Labute approximate surface area is 119 Å². The molecule has 0 fully saturated rings. The molecule has 0 saturated heterocycles. The van der Waals surface area contributed by atoms with Gasteiger partial charge in [-0.05, 0) is 30.7 Å². The SMILES string of the molecule is Cc1ccc(COc2ccc3[nH]c(=O)oc(=O)c3c2)cc1. The topological polar surface area (TPSA) is 72.3 Å². The Bertz CT molecular complexity index is 891. The summed E-state index contributed by atoms with van der Waals surface area (Å²) in [6, 6.07) is 12.9. The van der Waals surface area contributed by atoms with Crippen LogP contribution in [0.4, 0.5) is 0 Å². The number of rotatable bonds is 3. The van der Waals surface area contributed by atoms with Crippen LogP contribution < -0.4 is 16.1 Å². The Morgan fingerprint density at radius 2 is 1.86 bits per heavy atom. The number of aromatic amines is 1. The molecular weight excluding hydrogens is 270 g/mol. The van der Waals surface area contributed by atoms with E-state index < -0.39 is 11.4 Å². The third-order valence-corrected chi connectivity index (χ3v) is 3.16. The summed E-state index contributed by atoms with van der Waals surface area (Å²) in [4.78, 5) is 25.2. The van der Waals surface area contributed by atoms with Crippen LogP contribution in [0.3, 0.4) is 0 Å². The van der Waals surface area contributed by atoms with E-state index in [1.54, 1.807) is 18.2 Å². The first-order valence-corrected chi connectivity index (χ1v) is 6.47. The first-order chi connectivity index (χ1) is 10.1. The third-order valence-electron chi connectivity index (χ3n) is 3.16. The van der Waals surface area contributed by atoms with E-state index in [2.05, 4.69) is 9.40 Å². The van der Waals surface area contributed by atoms with Crippen LogP contribution in [-0.2, 0) is 6.61 Å². The highest BCUT2D eigenvalue weighted by Gasteiger charge is 2.05. The van der Waals surface area contributed by atoms with E-state index in [1.807, 2.05) is 31.2 Å². The minimum atomic E-state index is -0.763. The van der Waals surface area contributed by atoms with Crippen molar-refractivity contribution in [3.05, 3.63) is 74.6 Å². The maximum Gasteiger partial charge on any atom is 0.419 e. The summed E-state index contributed by atoms with van der Waals surface area (Å²) in [6.07, 6.45) is 0. The van der Waals surface area contributed by atoms with Gasteiger partial charge in [-0.3, -0.25) is 4.98 Å². The summed E-state index contributed by atoms with van der Waals surface area (Å²) in [5.74, 6) is -0.219. The molecule has 3 aromatic rings. The zero-order valence-electron chi connectivity index (χ0n) is 11.4. The van der Waals surface area contributed by atoms with Crippen LogP contribution in [0.1, 0.15) is 11.1 Å². The van der Waals surface area contributed by atoms with Crippen molar-refractivity contribution in [3.8, 4) is 5.75 Å². The molecule has 0 saturated carbocycles. The molecule has 2 aromatic carbocycles. The number of aromatic nitrogens is 1. The van der Waals surface area contributed by atoms with Crippen LogP contribution in [0.25, 0.3) is 10.9 Å². The summed E-state index contributed by atoms with van der Waals surface area (Å²) in [6.45, 7) is 2.43. The van der Waals surface area contributed by atoms with E-state index in [9.17, 15) is 9.59 Å². The van der Waals surface area contributed by atoms with E-state index in [1.165, 1.54) is 5.56 Å². The molecule has 1 N–H and O–H groups in total. The highest BCUT2D eigenvalue weighted by Crippen LogP contribution is 2.17. The minimum absolute atomic E-state index is 0.288. The van der Waals surface area contributed by atoms with Gasteiger partial charge in [0.25, 0.3) is 0 Å². The zero-order chi connectivity index (χ0) is 14.8. The van der Waals surface area contributed by atoms with Gasteiger partial charge in [-0.1, -0.05) is 29.8 Å². The molecule has 0 spiro atoms. The molecule has 21 heavy (non-hydrogen) atoms. The maximum atomic E-state index is 11.6. The molecule has 1 aromatic heterocycles. The monoisotopic (exact) mass is 283 g/mol. The number of H-pyrrole nitrogens is 1. The summed E-state index contributed by atoms with van der Waals surface area (Å²) in [7, 11) is 0. The molecule has 0 amide bonds. The van der Waals surface area contributed by atoms with E-state index in [0.29, 0.717) is 17.9 Å². The number of ether oxygens (including phenoxy) is 1. The molecule has 0 aliphatic heterocycles. The van der Waals surface area contributed by atoms with Gasteiger partial charge < -0.3 is 9.15 Å². The smallest absolute Gasteiger partial charge is 0.419 e. The number of nitrogens with one attached hydrogen (secondary N) is 1. The largest absolute Gasteiger partial charge is 0.489 e. The van der Waals surface area contributed by atoms with Crippen molar-refractivity contribution in [3.63, 3.8) is 0 Å². The highest BCUT2D eigenvalue weighted by atomic mass is 16.5. The van der Waals surface area contributed by atoms with Crippen LogP contribution in [0.5, 0.6) is 5.75 Å². The molecule has 5 nitrogen and oxygen atoms in total. The van der Waals surface area contributed by atoms with E-state index in [4.69, 9.17) is 4.74 Å². The fourth-order valence-corrected chi connectivity index (χ4v) is 2.02. The fraction of sp³-hybridized carbons (Fsp3) is 0.125. The average Bonchev–Trinajstić information content (AvgIpc) is 2.47. The van der Waals surface area contributed by atoms with Gasteiger partial charge >= 0.3 is 11.4 Å². The van der Waals surface area contributed by atoms with Crippen molar-refractivity contribution in [2.45, 2.75) is 13.5 Å². The first kappa shape index (κ1) is 13.2. The number of benzene rings is 2. The molecule has 0 aliphatic carbocycles. The molecule has 0 radical (unpaired) electrons. The lowest BCUT2D eigenvalue weighted by Gasteiger charge is -2.07. The van der Waals surface area contributed by atoms with Crippen molar-refractivity contribution >= 4 is 10.9 Å². The van der Waals surface area contributed by atoms with Crippen molar-refractivity contribution in [1.29, 1.82) is 0 Å². The fourth-order valence-electron chi connectivity index (χ4n) is 2.02. The predicted octanol–water partition coefficient (Wildman–Crippen LogP) is 2.37. The zero-order valence-corrected chi connectivity index (χ0v) is 11.4. The van der Waals surface area contributed by atoms with Crippen LogP contribution in [0, 0.1) is 6.92 Å². The third kappa shape index (κ3) is 2.86. The standard InChI is InChI=1S/C16H13NO4/c1-10-2-4-11(5-3-10)9-20-12-6-7-14-13(8-12)15(18)21-16(19)17-14/h2-8H,9H2,1H3,(H,17,19). The van der Waals surface area contributed by atoms with Gasteiger partial charge in [0.05, 0.1) is 10.9 Å². The molecule has 106 valence electrons. The molecule has 0 atom stereocenters. The second-order valence-corrected chi connectivity index (χ2v) is 4.78. The van der Waals surface area contributed by atoms with E-state index in [-0.39, 0.29) is 5.39 Å². The Kier molecular flexibility index (Phi) is 3.31. The first-order valence-electron chi connectivity index (χ1n) is 6.47. The number of aryl methyl sites for hydroxylation is 1. The molecule has 0 bridgehead atoms. The van der Waals surface area contributed by atoms with Gasteiger partial charge in [0.15, 0.2) is 0 Å². The van der Waals surface area contributed by atoms with Crippen LogP contribution >= 0.6 is 0 Å². The normalized spacial score (nSPS) is 10.7. The van der Waals surface area contributed by atoms with Gasteiger partial charge in [-0.25, -0.2) is 9.59 Å². The minimum Gasteiger partial charge on any atom is -0.489 e. The Balaban J connectivity index is 1.86. The summed E-state index contributed by atoms with van der Waals surface area (Å²) in [5, 5.41) is 0.288. The van der Waals surface area contributed by atoms with Crippen molar-refractivity contribution < 1.29 is 9.15 Å². The van der Waals surface area contributed by atoms with Crippen molar-refractivity contribution in [2.75, 3.05) is 0 Å². The second-order valence-electron chi connectivity index (χ2n) is 4.78. The number of fused-ring (bicyclic) bond motifs is 1.